The van der Waals surface area contributed by atoms with E-state index in [1.54, 1.807) is 16.9 Å². The molecule has 0 spiro atoms. The normalized spacial score (nSPS) is 11.3. The summed E-state index contributed by atoms with van der Waals surface area (Å²) in [6.07, 6.45) is 1.78. The van der Waals surface area contributed by atoms with E-state index in [1.165, 1.54) is 0 Å². The van der Waals surface area contributed by atoms with Gasteiger partial charge in [0.1, 0.15) is 5.52 Å². The van der Waals surface area contributed by atoms with E-state index in [-0.39, 0.29) is 5.88 Å². The van der Waals surface area contributed by atoms with Crippen molar-refractivity contribution in [2.75, 3.05) is 0 Å². The first-order valence-corrected chi connectivity index (χ1v) is 10.2. The Hall–Kier alpha value is -3.84. The molecule has 1 amide bonds. The van der Waals surface area contributed by atoms with Gasteiger partial charge in [-0.15, -0.1) is 16.7 Å². The molecule has 7 nitrogen and oxygen atoms in total. The van der Waals surface area contributed by atoms with Gasteiger partial charge >= 0.3 is 0 Å². The number of rotatable bonds is 5. The summed E-state index contributed by atoms with van der Waals surface area (Å²) in [6, 6.07) is 19.2. The highest BCUT2D eigenvalue weighted by atomic mass is 35.5. The van der Waals surface area contributed by atoms with E-state index in [1.807, 2.05) is 48.5 Å². The van der Waals surface area contributed by atoms with E-state index < -0.39 is 5.91 Å². The van der Waals surface area contributed by atoms with Gasteiger partial charge in [-0.1, -0.05) is 23.4 Å². The Morgan fingerprint density at radius 3 is 2.74 bits per heavy atom. The summed E-state index contributed by atoms with van der Waals surface area (Å²) in [6.45, 7) is 0.533. The molecule has 5 aromatic rings. The Bertz CT molecular complexity index is 1450. The number of aromatic nitrogens is 5. The summed E-state index contributed by atoms with van der Waals surface area (Å²) in [5.41, 5.74) is 11.5. The zero-order valence-electron chi connectivity index (χ0n) is 16.4. The number of primary amides is 1. The largest absolute Gasteiger partial charge is 0.366 e. The van der Waals surface area contributed by atoms with Crippen molar-refractivity contribution in [1.82, 2.24) is 25.0 Å². The number of nitrogens with zero attached hydrogens (tertiary/aromatic N) is 5. The topological polar surface area (TPSA) is 99.6 Å². The second-order valence-electron chi connectivity index (χ2n) is 7.19. The Balaban J connectivity index is 1.53. The molecule has 5 rings (SSSR count). The monoisotopic (exact) mass is 428 g/mol. The predicted molar refractivity (Wildman–Crippen MR) is 120 cm³/mol. The van der Waals surface area contributed by atoms with Gasteiger partial charge in [0.25, 0.3) is 0 Å². The van der Waals surface area contributed by atoms with Crippen LogP contribution in [-0.2, 0) is 12.4 Å². The lowest BCUT2D eigenvalue weighted by atomic mass is 10.0. The summed E-state index contributed by atoms with van der Waals surface area (Å²) in [7, 11) is 0. The molecule has 8 heteroatoms. The van der Waals surface area contributed by atoms with Gasteiger partial charge in [0.2, 0.25) is 5.91 Å². The van der Waals surface area contributed by atoms with Gasteiger partial charge in [-0.05, 0) is 53.6 Å². The second-order valence-corrected chi connectivity index (χ2v) is 7.45. The molecule has 0 fully saturated rings. The first-order valence-electron chi connectivity index (χ1n) is 9.65. The van der Waals surface area contributed by atoms with Gasteiger partial charge in [-0.25, -0.2) is 9.67 Å². The molecule has 2 aromatic carbocycles. The summed E-state index contributed by atoms with van der Waals surface area (Å²) in [5, 5.41) is 9.59. The summed E-state index contributed by atoms with van der Waals surface area (Å²) in [5.74, 6) is -0.316. The maximum Gasteiger partial charge on any atom is 0.249 e. The third kappa shape index (κ3) is 3.60. The number of benzene rings is 2. The molecule has 152 valence electrons. The lowest BCUT2D eigenvalue weighted by Gasteiger charge is -2.08. The fourth-order valence-corrected chi connectivity index (χ4v) is 3.84. The number of halogens is 1. The molecule has 3 heterocycles. The maximum absolute atomic E-state index is 11.6. The zero-order valence-corrected chi connectivity index (χ0v) is 17.1. The number of pyridine rings is 2. The Morgan fingerprint density at radius 2 is 1.90 bits per heavy atom. The fraction of sp³-hybridized carbons (Fsp3) is 0.0870. The van der Waals surface area contributed by atoms with Gasteiger partial charge < -0.3 is 5.73 Å². The van der Waals surface area contributed by atoms with Crippen LogP contribution in [0.25, 0.3) is 33.3 Å². The molecule has 0 aliphatic carbocycles. The molecule has 0 aliphatic heterocycles. The minimum Gasteiger partial charge on any atom is -0.366 e. The molecule has 2 N–H and O–H groups in total. The number of alkyl halides is 1. The van der Waals surface area contributed by atoms with Crippen molar-refractivity contribution in [1.29, 1.82) is 0 Å². The van der Waals surface area contributed by atoms with E-state index in [0.717, 1.165) is 27.7 Å². The van der Waals surface area contributed by atoms with Crippen LogP contribution in [0.4, 0.5) is 0 Å². The fourth-order valence-electron chi connectivity index (χ4n) is 3.62. The van der Waals surface area contributed by atoms with Crippen LogP contribution in [0.1, 0.15) is 21.5 Å². The summed E-state index contributed by atoms with van der Waals surface area (Å²) >= 11 is 6.01. The number of carbonyl (C=O) groups excluding carboxylic acids is 1. The van der Waals surface area contributed by atoms with Crippen LogP contribution in [0.2, 0.25) is 0 Å². The van der Waals surface area contributed by atoms with Crippen LogP contribution in [0, 0.1) is 0 Å². The lowest BCUT2D eigenvalue weighted by Crippen LogP contribution is -2.13. The Morgan fingerprint density at radius 1 is 1.03 bits per heavy atom. The van der Waals surface area contributed by atoms with Crippen molar-refractivity contribution in [2.24, 2.45) is 5.73 Å². The first-order chi connectivity index (χ1) is 15.1. The average Bonchev–Trinajstić information content (AvgIpc) is 3.20. The van der Waals surface area contributed by atoms with Crippen LogP contribution in [-0.4, -0.2) is 30.9 Å². The number of nitrogens with two attached hydrogens (primary N) is 1. The predicted octanol–water partition coefficient (Wildman–Crippen LogP) is 3.93. The smallest absolute Gasteiger partial charge is 0.249 e. The van der Waals surface area contributed by atoms with Crippen molar-refractivity contribution >= 4 is 39.6 Å². The third-order valence-electron chi connectivity index (χ3n) is 5.17. The minimum absolute atomic E-state index is 0.185. The number of fused-ring (bicyclic) bond motifs is 2. The molecule has 0 aliphatic rings. The van der Waals surface area contributed by atoms with Crippen LogP contribution < -0.4 is 5.73 Å². The lowest BCUT2D eigenvalue weighted by molar-refractivity contribution is 0.0999. The maximum atomic E-state index is 11.6. The van der Waals surface area contributed by atoms with Gasteiger partial charge in [-0.3, -0.25) is 9.78 Å². The van der Waals surface area contributed by atoms with Crippen LogP contribution in [0.5, 0.6) is 0 Å². The molecule has 0 saturated heterocycles. The van der Waals surface area contributed by atoms with Gasteiger partial charge in [0.15, 0.2) is 5.65 Å². The standard InChI is InChI=1S/C23H17ClN6O/c24-12-17-11-16(4-5-18(17)22(25)31)20-7-8-21-23(27-20)30(29-28-21)13-14-3-6-19-15(10-14)2-1-9-26-19/h1-11H,12-13H2,(H2,25,31). The summed E-state index contributed by atoms with van der Waals surface area (Å²) in [4.78, 5) is 20.7. The van der Waals surface area contributed by atoms with E-state index in [4.69, 9.17) is 22.3 Å². The number of carbonyl (C=O) groups is 1. The SMILES string of the molecule is NC(=O)c1ccc(-c2ccc3nnn(Cc4ccc5ncccc5c4)c3n2)cc1CCl. The average molecular weight is 429 g/mol. The Kier molecular flexibility index (Phi) is 4.80. The van der Waals surface area contributed by atoms with E-state index in [9.17, 15) is 4.79 Å². The molecule has 3 aromatic heterocycles. The molecular formula is C23H17ClN6O. The molecule has 0 bridgehead atoms. The summed E-state index contributed by atoms with van der Waals surface area (Å²) < 4.78 is 1.77. The van der Waals surface area contributed by atoms with Crippen molar-refractivity contribution in [2.45, 2.75) is 12.4 Å². The van der Waals surface area contributed by atoms with Crippen molar-refractivity contribution in [3.63, 3.8) is 0 Å². The highest BCUT2D eigenvalue weighted by molar-refractivity contribution is 6.17. The molecule has 0 radical (unpaired) electrons. The van der Waals surface area contributed by atoms with Gasteiger partial charge in [0.05, 0.1) is 17.8 Å². The molecule has 0 atom stereocenters. The van der Waals surface area contributed by atoms with Gasteiger partial charge in [-0.2, -0.15) is 0 Å². The first kappa shape index (κ1) is 19.1. The van der Waals surface area contributed by atoms with Crippen LogP contribution in [0.3, 0.4) is 0 Å². The molecule has 0 saturated carbocycles. The van der Waals surface area contributed by atoms with E-state index in [0.29, 0.717) is 28.8 Å². The Labute approximate surface area is 182 Å². The molecule has 0 unspecified atom stereocenters. The van der Waals surface area contributed by atoms with E-state index in [2.05, 4.69) is 21.4 Å². The molecule has 31 heavy (non-hydrogen) atoms. The third-order valence-corrected chi connectivity index (χ3v) is 5.46. The number of amides is 1. The highest BCUT2D eigenvalue weighted by Crippen LogP contribution is 2.24. The number of hydrogen-bond donors (Lipinski definition) is 1. The highest BCUT2D eigenvalue weighted by Gasteiger charge is 2.13. The van der Waals surface area contributed by atoms with Crippen LogP contribution in [0.15, 0.2) is 66.9 Å². The number of hydrogen-bond acceptors (Lipinski definition) is 5. The van der Waals surface area contributed by atoms with Crippen molar-refractivity contribution in [3.8, 4) is 11.3 Å². The molecular weight excluding hydrogens is 412 g/mol. The minimum atomic E-state index is -0.501. The zero-order chi connectivity index (χ0) is 21.4. The quantitative estimate of drug-likeness (QED) is 0.427. The van der Waals surface area contributed by atoms with Gasteiger partial charge in [0, 0.05) is 28.6 Å². The van der Waals surface area contributed by atoms with E-state index >= 15 is 0 Å². The van der Waals surface area contributed by atoms with Crippen molar-refractivity contribution in [3.05, 3.63) is 83.6 Å². The van der Waals surface area contributed by atoms with Crippen LogP contribution >= 0.6 is 11.6 Å². The van der Waals surface area contributed by atoms with Crippen molar-refractivity contribution < 1.29 is 4.79 Å². The second kappa shape index (κ2) is 7.77.